The number of halogens is 1. The summed E-state index contributed by atoms with van der Waals surface area (Å²) in [5.41, 5.74) is 8.31. The molecule has 3 aromatic rings. The van der Waals surface area contributed by atoms with Gasteiger partial charge in [-0.15, -0.1) is 0 Å². The van der Waals surface area contributed by atoms with E-state index in [-0.39, 0.29) is 29.5 Å². The smallest absolute Gasteiger partial charge is 0.286 e. The van der Waals surface area contributed by atoms with Crippen molar-refractivity contribution in [3.8, 4) is 22.7 Å². The first kappa shape index (κ1) is 17.8. The second-order valence-corrected chi connectivity index (χ2v) is 6.32. The molecule has 2 N–H and O–H groups in total. The number of amides is 1. The zero-order chi connectivity index (χ0) is 18.8. The van der Waals surface area contributed by atoms with Crippen LogP contribution in [0.25, 0.3) is 22.7 Å². The average Bonchev–Trinajstić information content (AvgIpc) is 3.01. The zero-order valence-electron chi connectivity index (χ0n) is 14.2. The van der Waals surface area contributed by atoms with Crippen LogP contribution in [0.15, 0.2) is 40.9 Å². The molecule has 0 bridgehead atoms. The molecule has 1 amide bonds. The van der Waals surface area contributed by atoms with E-state index in [4.69, 9.17) is 21.8 Å². The molecule has 1 aromatic carbocycles. The molecule has 0 atom stereocenters. The van der Waals surface area contributed by atoms with Crippen molar-refractivity contribution in [3.63, 3.8) is 0 Å². The third-order valence-corrected chi connectivity index (χ3v) is 4.13. The highest BCUT2D eigenvalue weighted by Gasteiger charge is 2.23. The largest absolute Gasteiger partial charge is 0.430 e. The number of Topliss-reactive ketones (excluding diaryl/α,β-unsaturated/α-hetero) is 1. The number of carbonyl (C=O) groups excluding carboxylic acids is 2. The number of primary amides is 1. The number of rotatable bonds is 5. The van der Waals surface area contributed by atoms with Gasteiger partial charge in [-0.3, -0.25) is 14.6 Å². The lowest BCUT2D eigenvalue weighted by atomic mass is 10.1. The molecule has 0 aliphatic rings. The highest BCUT2D eigenvalue weighted by Crippen LogP contribution is 2.34. The van der Waals surface area contributed by atoms with Crippen molar-refractivity contribution < 1.29 is 14.0 Å². The number of aromatic nitrogens is 2. The molecule has 0 aliphatic heterocycles. The molecule has 0 radical (unpaired) electrons. The average molecular weight is 370 g/mol. The lowest BCUT2D eigenvalue weighted by Crippen LogP contribution is -2.11. The van der Waals surface area contributed by atoms with Crippen molar-refractivity contribution in [2.24, 2.45) is 5.73 Å². The summed E-state index contributed by atoms with van der Waals surface area (Å²) in [5.74, 6) is -0.598. The van der Waals surface area contributed by atoms with E-state index in [9.17, 15) is 9.59 Å². The molecule has 26 heavy (non-hydrogen) atoms. The minimum absolute atomic E-state index is 0.00529. The maximum Gasteiger partial charge on any atom is 0.286 e. The van der Waals surface area contributed by atoms with E-state index in [2.05, 4.69) is 9.97 Å². The summed E-state index contributed by atoms with van der Waals surface area (Å²) in [6.45, 7) is 3.33. The van der Waals surface area contributed by atoms with Gasteiger partial charge in [-0.05, 0) is 31.5 Å². The predicted molar refractivity (Wildman–Crippen MR) is 97.8 cm³/mol. The third-order valence-electron chi connectivity index (χ3n) is 3.80. The summed E-state index contributed by atoms with van der Waals surface area (Å²) in [7, 11) is 0. The minimum atomic E-state index is -0.741. The standard InChI is InChI=1S/C19H16ClN3O3/c1-10-9-22-12(7-11(2)24)8-14(10)19-23-16(17(26-19)18(21)25)13-5-3-4-6-15(13)20/h3-6,8-9H,7H2,1-2H3,(H2,21,25). The fraction of sp³-hybridized carbons (Fsp3) is 0.158. The monoisotopic (exact) mass is 369 g/mol. The van der Waals surface area contributed by atoms with Gasteiger partial charge in [-0.1, -0.05) is 29.8 Å². The Kier molecular flexibility index (Phi) is 4.86. The van der Waals surface area contributed by atoms with Crippen LogP contribution in [0.1, 0.15) is 28.7 Å². The highest BCUT2D eigenvalue weighted by atomic mass is 35.5. The van der Waals surface area contributed by atoms with Crippen LogP contribution in [0.4, 0.5) is 0 Å². The maximum absolute atomic E-state index is 11.8. The minimum Gasteiger partial charge on any atom is -0.430 e. The lowest BCUT2D eigenvalue weighted by molar-refractivity contribution is -0.116. The lowest BCUT2D eigenvalue weighted by Gasteiger charge is -2.04. The van der Waals surface area contributed by atoms with Gasteiger partial charge in [-0.25, -0.2) is 4.98 Å². The Morgan fingerprint density at radius 2 is 1.96 bits per heavy atom. The molecule has 2 heterocycles. The summed E-state index contributed by atoms with van der Waals surface area (Å²) in [4.78, 5) is 31.9. The van der Waals surface area contributed by atoms with Crippen LogP contribution in [0.3, 0.4) is 0 Å². The van der Waals surface area contributed by atoms with Crippen molar-refractivity contribution in [1.29, 1.82) is 0 Å². The quantitative estimate of drug-likeness (QED) is 0.740. The van der Waals surface area contributed by atoms with E-state index in [1.807, 2.05) is 6.92 Å². The molecular formula is C19H16ClN3O3. The van der Waals surface area contributed by atoms with E-state index in [0.29, 0.717) is 21.8 Å². The highest BCUT2D eigenvalue weighted by molar-refractivity contribution is 6.33. The van der Waals surface area contributed by atoms with Crippen molar-refractivity contribution in [2.75, 3.05) is 0 Å². The number of carbonyl (C=O) groups is 2. The van der Waals surface area contributed by atoms with Gasteiger partial charge >= 0.3 is 0 Å². The van der Waals surface area contributed by atoms with E-state index >= 15 is 0 Å². The summed E-state index contributed by atoms with van der Waals surface area (Å²) in [6, 6.07) is 8.71. The van der Waals surface area contributed by atoms with Crippen LogP contribution >= 0.6 is 11.6 Å². The van der Waals surface area contributed by atoms with E-state index < -0.39 is 5.91 Å². The van der Waals surface area contributed by atoms with Gasteiger partial charge in [0.1, 0.15) is 11.5 Å². The maximum atomic E-state index is 11.8. The Morgan fingerprint density at radius 1 is 1.23 bits per heavy atom. The number of aryl methyl sites for hydroxylation is 1. The first-order valence-electron chi connectivity index (χ1n) is 7.87. The number of benzene rings is 1. The molecule has 0 fully saturated rings. The number of hydrogen-bond acceptors (Lipinski definition) is 5. The van der Waals surface area contributed by atoms with Crippen LogP contribution in [-0.4, -0.2) is 21.7 Å². The molecule has 0 spiro atoms. The molecule has 132 valence electrons. The zero-order valence-corrected chi connectivity index (χ0v) is 15.0. The van der Waals surface area contributed by atoms with Crippen LogP contribution in [0, 0.1) is 6.92 Å². The molecule has 0 saturated carbocycles. The van der Waals surface area contributed by atoms with Crippen LogP contribution in [-0.2, 0) is 11.2 Å². The topological polar surface area (TPSA) is 99.1 Å². The molecule has 2 aromatic heterocycles. The third kappa shape index (κ3) is 3.50. The Morgan fingerprint density at radius 3 is 2.62 bits per heavy atom. The predicted octanol–water partition coefficient (Wildman–Crippen LogP) is 3.60. The summed E-state index contributed by atoms with van der Waals surface area (Å²) < 4.78 is 5.66. The number of pyridine rings is 1. The van der Waals surface area contributed by atoms with Crippen molar-refractivity contribution in [3.05, 3.63) is 58.6 Å². The number of ketones is 1. The summed E-state index contributed by atoms with van der Waals surface area (Å²) in [5, 5.41) is 0.429. The summed E-state index contributed by atoms with van der Waals surface area (Å²) in [6.07, 6.45) is 1.84. The van der Waals surface area contributed by atoms with Crippen LogP contribution in [0.2, 0.25) is 5.02 Å². The normalized spacial score (nSPS) is 10.7. The Bertz CT molecular complexity index is 1010. The second kappa shape index (κ2) is 7.09. The number of hydrogen-bond donors (Lipinski definition) is 1. The van der Waals surface area contributed by atoms with Crippen molar-refractivity contribution in [1.82, 2.24) is 9.97 Å². The van der Waals surface area contributed by atoms with Crippen LogP contribution in [0.5, 0.6) is 0 Å². The van der Waals surface area contributed by atoms with E-state index in [0.717, 1.165) is 5.56 Å². The SMILES string of the molecule is CC(=O)Cc1cc(-c2nc(-c3ccccc3Cl)c(C(N)=O)o2)c(C)cn1. The Balaban J connectivity index is 2.16. The Hall–Kier alpha value is -2.99. The second-order valence-electron chi connectivity index (χ2n) is 5.91. The van der Waals surface area contributed by atoms with Crippen LogP contribution < -0.4 is 5.73 Å². The molecule has 0 unspecified atom stereocenters. The number of oxazole rings is 1. The van der Waals surface area contributed by atoms with Gasteiger partial charge < -0.3 is 10.2 Å². The fourth-order valence-corrected chi connectivity index (χ4v) is 2.81. The number of nitrogens with zero attached hydrogens (tertiary/aromatic N) is 2. The van der Waals surface area contributed by atoms with Gasteiger partial charge in [0.2, 0.25) is 11.7 Å². The van der Waals surface area contributed by atoms with E-state index in [1.54, 1.807) is 36.5 Å². The molecule has 0 aliphatic carbocycles. The Labute approximate surface area is 155 Å². The van der Waals surface area contributed by atoms with Gasteiger partial charge in [0.05, 0.1) is 5.02 Å². The number of nitrogens with two attached hydrogens (primary N) is 1. The van der Waals surface area contributed by atoms with Gasteiger partial charge in [0, 0.05) is 29.4 Å². The van der Waals surface area contributed by atoms with Gasteiger partial charge in [-0.2, -0.15) is 0 Å². The van der Waals surface area contributed by atoms with Gasteiger partial charge in [0.15, 0.2) is 0 Å². The molecule has 3 rings (SSSR count). The van der Waals surface area contributed by atoms with Gasteiger partial charge in [0.25, 0.3) is 5.91 Å². The molecule has 6 nitrogen and oxygen atoms in total. The summed E-state index contributed by atoms with van der Waals surface area (Å²) >= 11 is 6.22. The first-order chi connectivity index (χ1) is 12.4. The van der Waals surface area contributed by atoms with E-state index in [1.165, 1.54) is 6.92 Å². The molecule has 7 heteroatoms. The first-order valence-corrected chi connectivity index (χ1v) is 8.25. The molecular weight excluding hydrogens is 354 g/mol. The molecule has 0 saturated heterocycles. The van der Waals surface area contributed by atoms with Crippen molar-refractivity contribution in [2.45, 2.75) is 20.3 Å². The fourth-order valence-electron chi connectivity index (χ4n) is 2.59. The van der Waals surface area contributed by atoms with Crippen molar-refractivity contribution >= 4 is 23.3 Å².